The highest BCUT2D eigenvalue weighted by Crippen LogP contribution is 2.32. The van der Waals surface area contributed by atoms with Gasteiger partial charge in [-0.1, -0.05) is 24.3 Å². The topological polar surface area (TPSA) is 101 Å². The van der Waals surface area contributed by atoms with Gasteiger partial charge in [0.15, 0.2) is 11.6 Å². The van der Waals surface area contributed by atoms with E-state index >= 15 is 0 Å². The zero-order chi connectivity index (χ0) is 34.1. The minimum absolute atomic E-state index is 0.0759. The number of ether oxygens (including phenoxy) is 1. The number of aromatic nitrogens is 2. The van der Waals surface area contributed by atoms with E-state index in [9.17, 15) is 27.6 Å². The van der Waals surface area contributed by atoms with Crippen LogP contribution in [-0.2, 0) is 27.9 Å². The number of nitrogens with zero attached hydrogens (tertiary/aromatic N) is 3. The largest absolute Gasteiger partial charge is 0.469 e. The highest BCUT2D eigenvalue weighted by Gasteiger charge is 2.30. The van der Waals surface area contributed by atoms with Crippen molar-refractivity contribution >= 4 is 40.8 Å². The monoisotopic (exact) mass is 676 g/mol. The summed E-state index contributed by atoms with van der Waals surface area (Å²) in [7, 11) is 1.36. The molecule has 4 aromatic rings. The van der Waals surface area contributed by atoms with Crippen LogP contribution in [0.1, 0.15) is 63.1 Å². The number of carbonyl (C=O) groups is 3. The van der Waals surface area contributed by atoms with Gasteiger partial charge in [0.2, 0.25) is 0 Å². The number of halogens is 3. The van der Waals surface area contributed by atoms with E-state index in [2.05, 4.69) is 24.9 Å². The Morgan fingerprint density at radius 1 is 0.917 bits per heavy atom. The van der Waals surface area contributed by atoms with E-state index in [4.69, 9.17) is 0 Å². The maximum absolute atomic E-state index is 13.8. The summed E-state index contributed by atoms with van der Waals surface area (Å²) in [5, 5.41) is 2.92. The first kappa shape index (κ1) is 34.6. The zero-order valence-corrected chi connectivity index (χ0v) is 27.2. The number of hydrogen-bond acceptors (Lipinski definition) is 8. The molecule has 1 N–H and O–H groups in total. The van der Waals surface area contributed by atoms with Crippen LogP contribution in [0.15, 0.2) is 79.1 Å². The number of piperidine rings is 1. The molecule has 3 aromatic carbocycles. The van der Waals surface area contributed by atoms with Crippen LogP contribution in [0.25, 0.3) is 11.4 Å². The average molecular weight is 677 g/mol. The van der Waals surface area contributed by atoms with Crippen molar-refractivity contribution in [3.05, 3.63) is 107 Å². The molecule has 2 heterocycles. The minimum atomic E-state index is -4.49. The molecule has 250 valence electrons. The summed E-state index contributed by atoms with van der Waals surface area (Å²) in [4.78, 5) is 49.3. The summed E-state index contributed by atoms with van der Waals surface area (Å²) in [5.41, 5.74) is 2.83. The summed E-state index contributed by atoms with van der Waals surface area (Å²) in [6, 6.07) is 17.4. The Bertz CT molecular complexity index is 1760. The van der Waals surface area contributed by atoms with Gasteiger partial charge < -0.3 is 15.0 Å². The number of methoxy groups -OCH3 is 1. The van der Waals surface area contributed by atoms with Gasteiger partial charge in [0, 0.05) is 65.8 Å². The average Bonchev–Trinajstić information content (AvgIpc) is 3.10. The zero-order valence-electron chi connectivity index (χ0n) is 26.4. The van der Waals surface area contributed by atoms with Gasteiger partial charge in [0.25, 0.3) is 5.91 Å². The van der Waals surface area contributed by atoms with Gasteiger partial charge in [0.1, 0.15) is 0 Å². The Labute approximate surface area is 281 Å². The molecule has 1 aromatic heterocycles. The van der Waals surface area contributed by atoms with E-state index in [0.29, 0.717) is 40.3 Å². The number of nitrogens with one attached hydrogen (secondary N) is 1. The molecule has 5 rings (SSSR count). The number of carbonyl (C=O) groups excluding carboxylic acids is 3. The summed E-state index contributed by atoms with van der Waals surface area (Å²) in [5.74, 6) is 0.409. The fourth-order valence-electron chi connectivity index (χ4n) is 5.38. The quantitative estimate of drug-likeness (QED) is 0.0929. The molecule has 0 unspecified atom stereocenters. The van der Waals surface area contributed by atoms with Crippen LogP contribution in [0, 0.1) is 0 Å². The van der Waals surface area contributed by atoms with Crippen LogP contribution in [0.2, 0.25) is 0 Å². The smallest absolute Gasteiger partial charge is 0.416 e. The molecule has 12 heteroatoms. The molecule has 0 radical (unpaired) electrons. The van der Waals surface area contributed by atoms with Crippen molar-refractivity contribution in [1.29, 1.82) is 0 Å². The molecule has 1 aliphatic heterocycles. The summed E-state index contributed by atoms with van der Waals surface area (Å²) < 4.78 is 44.3. The van der Waals surface area contributed by atoms with Crippen molar-refractivity contribution < 1.29 is 32.3 Å². The first-order chi connectivity index (χ1) is 23.1. The van der Waals surface area contributed by atoms with Gasteiger partial charge in [-0.25, -0.2) is 9.97 Å². The maximum Gasteiger partial charge on any atom is 0.416 e. The fourth-order valence-corrected chi connectivity index (χ4v) is 6.25. The highest BCUT2D eigenvalue weighted by atomic mass is 32.2. The summed E-state index contributed by atoms with van der Waals surface area (Å²) in [6.07, 6.45) is 1.85. The molecule has 1 fully saturated rings. The standard InChI is InChI=1S/C36H35F3N4O4S/c1-47-33(45)13-16-48-23-24-7-5-9-27(17-24)35(46)42-31-12-11-29(43-14-3-2-4-15-43)20-30(31)32(44)18-25-21-40-34(41-22-25)26-8-6-10-28(19-26)36(37,38)39/h5-12,17,19-22H,2-4,13-16,18,23H2,1H3,(H,42,46). The van der Waals surface area contributed by atoms with Crippen LogP contribution in [0.4, 0.5) is 24.5 Å². The lowest BCUT2D eigenvalue weighted by molar-refractivity contribution is -0.140. The molecule has 1 saturated heterocycles. The normalized spacial score (nSPS) is 13.2. The molecule has 48 heavy (non-hydrogen) atoms. The van der Waals surface area contributed by atoms with Gasteiger partial charge in [0.05, 0.1) is 24.8 Å². The number of benzene rings is 3. The van der Waals surface area contributed by atoms with Gasteiger partial charge >= 0.3 is 12.1 Å². The molecular weight excluding hydrogens is 641 g/mol. The molecule has 0 bridgehead atoms. The molecule has 8 nitrogen and oxygen atoms in total. The number of anilines is 2. The van der Waals surface area contributed by atoms with Crippen molar-refractivity contribution in [2.24, 2.45) is 0 Å². The van der Waals surface area contributed by atoms with Crippen molar-refractivity contribution in [3.8, 4) is 11.4 Å². The second-order valence-corrected chi connectivity index (χ2v) is 12.5. The predicted molar refractivity (Wildman–Crippen MR) is 180 cm³/mol. The van der Waals surface area contributed by atoms with Crippen molar-refractivity contribution in [2.45, 2.75) is 44.0 Å². The van der Waals surface area contributed by atoms with E-state index in [1.165, 1.54) is 31.6 Å². The lowest BCUT2D eigenvalue weighted by atomic mass is 10.0. The third-order valence-electron chi connectivity index (χ3n) is 7.93. The van der Waals surface area contributed by atoms with E-state index in [1.807, 2.05) is 12.1 Å². The Kier molecular flexibility index (Phi) is 11.5. The van der Waals surface area contributed by atoms with Gasteiger partial charge in [-0.3, -0.25) is 14.4 Å². The summed E-state index contributed by atoms with van der Waals surface area (Å²) in [6.45, 7) is 1.74. The van der Waals surface area contributed by atoms with Crippen molar-refractivity contribution in [1.82, 2.24) is 9.97 Å². The molecule has 0 saturated carbocycles. The minimum Gasteiger partial charge on any atom is -0.469 e. The van der Waals surface area contributed by atoms with Crippen LogP contribution in [0.5, 0.6) is 0 Å². The first-order valence-corrected chi connectivity index (χ1v) is 16.7. The number of Topliss-reactive ketones (excluding diaryl/α,β-unsaturated/α-hetero) is 1. The molecule has 0 spiro atoms. The third kappa shape index (κ3) is 9.21. The molecule has 1 aliphatic rings. The lowest BCUT2D eigenvalue weighted by Gasteiger charge is -2.29. The summed E-state index contributed by atoms with van der Waals surface area (Å²) >= 11 is 1.56. The second-order valence-electron chi connectivity index (χ2n) is 11.4. The van der Waals surface area contributed by atoms with Crippen molar-refractivity contribution in [2.75, 3.05) is 36.2 Å². The number of alkyl halides is 3. The predicted octanol–water partition coefficient (Wildman–Crippen LogP) is 7.63. The van der Waals surface area contributed by atoms with E-state index in [-0.39, 0.29) is 35.5 Å². The Morgan fingerprint density at radius 3 is 2.40 bits per heavy atom. The Balaban J connectivity index is 1.33. The van der Waals surface area contributed by atoms with Crippen LogP contribution in [-0.4, -0.2) is 53.6 Å². The van der Waals surface area contributed by atoms with E-state index < -0.39 is 11.7 Å². The Hall–Kier alpha value is -4.71. The van der Waals surface area contributed by atoms with Crippen LogP contribution >= 0.6 is 11.8 Å². The molecule has 0 atom stereocenters. The van der Waals surface area contributed by atoms with E-state index in [0.717, 1.165) is 55.7 Å². The number of ketones is 1. The number of esters is 1. The second kappa shape index (κ2) is 15.9. The highest BCUT2D eigenvalue weighted by molar-refractivity contribution is 7.98. The van der Waals surface area contributed by atoms with Crippen LogP contribution < -0.4 is 10.2 Å². The third-order valence-corrected chi connectivity index (χ3v) is 8.96. The SMILES string of the molecule is COC(=O)CCSCc1cccc(C(=O)Nc2ccc(N3CCCCC3)cc2C(=O)Cc2cnc(-c3cccc(C(F)(F)F)c3)nc2)c1. The molecule has 1 amide bonds. The van der Waals surface area contributed by atoms with Gasteiger partial charge in [-0.2, -0.15) is 24.9 Å². The van der Waals surface area contributed by atoms with Crippen LogP contribution in [0.3, 0.4) is 0 Å². The number of rotatable bonds is 12. The number of hydrogen-bond donors (Lipinski definition) is 1. The number of thioether (sulfide) groups is 1. The molecule has 0 aliphatic carbocycles. The van der Waals surface area contributed by atoms with Gasteiger partial charge in [-0.05, 0) is 72.9 Å². The fraction of sp³-hybridized carbons (Fsp3) is 0.306. The van der Waals surface area contributed by atoms with E-state index in [1.54, 1.807) is 42.1 Å². The molecular formula is C36H35F3N4O4S. The maximum atomic E-state index is 13.8. The first-order valence-electron chi connectivity index (χ1n) is 15.6. The lowest BCUT2D eigenvalue weighted by Crippen LogP contribution is -2.29. The van der Waals surface area contributed by atoms with Crippen molar-refractivity contribution in [3.63, 3.8) is 0 Å². The van der Waals surface area contributed by atoms with Gasteiger partial charge in [-0.15, -0.1) is 0 Å². The Morgan fingerprint density at radius 2 is 1.67 bits per heavy atom. The number of amides is 1.